The molecule has 2 N–H and O–H groups in total. The molecule has 0 aliphatic carbocycles. The van der Waals surface area contributed by atoms with E-state index in [1.165, 1.54) is 0 Å². The minimum atomic E-state index is -0.229. The van der Waals surface area contributed by atoms with Crippen LogP contribution in [0.5, 0.6) is 0 Å². The minimum Gasteiger partial charge on any atom is -0.379 e. The lowest BCUT2D eigenvalue weighted by atomic mass is 10.2. The molecule has 3 amide bonds. The number of morpholine rings is 1. The second-order valence-electron chi connectivity index (χ2n) is 6.03. The molecular weight excluding hydrogens is 308 g/mol. The van der Waals surface area contributed by atoms with Crippen LogP contribution in [-0.2, 0) is 9.53 Å². The van der Waals surface area contributed by atoms with E-state index in [4.69, 9.17) is 4.74 Å². The first-order chi connectivity index (χ1) is 11.7. The average molecular weight is 332 g/mol. The molecule has 3 rings (SSSR count). The summed E-state index contributed by atoms with van der Waals surface area (Å²) in [6.45, 7) is 5.50. The highest BCUT2D eigenvalue weighted by molar-refractivity contribution is 5.96. The fourth-order valence-corrected chi connectivity index (χ4v) is 3.00. The van der Waals surface area contributed by atoms with Crippen LogP contribution >= 0.6 is 0 Å². The van der Waals surface area contributed by atoms with Crippen molar-refractivity contribution < 1.29 is 14.3 Å². The van der Waals surface area contributed by atoms with Gasteiger partial charge in [-0.2, -0.15) is 0 Å². The molecule has 130 valence electrons. The topological polar surface area (TPSA) is 73.9 Å². The SMILES string of the molecule is O=C(NCCN1CCOCC1)Nc1cccc(N2CCCC2=O)c1. The molecule has 24 heavy (non-hydrogen) atoms. The fraction of sp³-hybridized carbons (Fsp3) is 0.529. The lowest BCUT2D eigenvalue weighted by Crippen LogP contribution is -2.42. The number of anilines is 2. The van der Waals surface area contributed by atoms with Crippen molar-refractivity contribution in [2.24, 2.45) is 0 Å². The van der Waals surface area contributed by atoms with Gasteiger partial charge in [-0.15, -0.1) is 0 Å². The Morgan fingerprint density at radius 3 is 2.79 bits per heavy atom. The second-order valence-corrected chi connectivity index (χ2v) is 6.03. The number of nitrogens with zero attached hydrogens (tertiary/aromatic N) is 2. The number of carbonyl (C=O) groups is 2. The highest BCUT2D eigenvalue weighted by Crippen LogP contribution is 2.24. The predicted octanol–water partition coefficient (Wildman–Crippen LogP) is 1.27. The standard InChI is InChI=1S/C17H24N4O3/c22-16-5-2-7-21(16)15-4-1-3-14(13-15)19-17(23)18-6-8-20-9-11-24-12-10-20/h1,3-4,13H,2,5-12H2,(H2,18,19,23). The molecule has 0 saturated carbocycles. The highest BCUT2D eigenvalue weighted by Gasteiger charge is 2.21. The van der Waals surface area contributed by atoms with Crippen LogP contribution in [0.2, 0.25) is 0 Å². The quantitative estimate of drug-likeness (QED) is 0.851. The molecule has 2 heterocycles. The summed E-state index contributed by atoms with van der Waals surface area (Å²) < 4.78 is 5.30. The summed E-state index contributed by atoms with van der Waals surface area (Å²) in [6, 6.07) is 7.18. The van der Waals surface area contributed by atoms with Crippen molar-refractivity contribution in [1.29, 1.82) is 0 Å². The van der Waals surface area contributed by atoms with Crippen molar-refractivity contribution in [3.63, 3.8) is 0 Å². The molecule has 0 spiro atoms. The van der Waals surface area contributed by atoms with Crippen molar-refractivity contribution in [2.45, 2.75) is 12.8 Å². The summed E-state index contributed by atoms with van der Waals surface area (Å²) in [6.07, 6.45) is 1.48. The van der Waals surface area contributed by atoms with Gasteiger partial charge in [-0.25, -0.2) is 4.79 Å². The fourth-order valence-electron chi connectivity index (χ4n) is 3.00. The van der Waals surface area contributed by atoms with Gasteiger partial charge in [0, 0.05) is 50.5 Å². The van der Waals surface area contributed by atoms with Crippen LogP contribution in [-0.4, -0.2) is 62.8 Å². The Labute approximate surface area is 141 Å². The first kappa shape index (κ1) is 16.7. The Kier molecular flexibility index (Phi) is 5.66. The Balaban J connectivity index is 1.46. The van der Waals surface area contributed by atoms with E-state index in [9.17, 15) is 9.59 Å². The number of nitrogens with one attached hydrogen (secondary N) is 2. The van der Waals surface area contributed by atoms with E-state index >= 15 is 0 Å². The number of carbonyl (C=O) groups excluding carboxylic acids is 2. The molecule has 1 aromatic carbocycles. The monoisotopic (exact) mass is 332 g/mol. The Hall–Kier alpha value is -2.12. The van der Waals surface area contributed by atoms with E-state index in [2.05, 4.69) is 15.5 Å². The third kappa shape index (κ3) is 4.46. The summed E-state index contributed by atoms with van der Waals surface area (Å²) in [5.74, 6) is 0.141. The molecule has 0 bridgehead atoms. The molecule has 2 fully saturated rings. The Morgan fingerprint density at radius 2 is 2.04 bits per heavy atom. The Bertz CT molecular complexity index is 587. The number of urea groups is 1. The molecule has 2 aliphatic heterocycles. The number of amides is 3. The minimum absolute atomic E-state index is 0.141. The van der Waals surface area contributed by atoms with Crippen molar-refractivity contribution in [1.82, 2.24) is 10.2 Å². The molecule has 0 atom stereocenters. The zero-order valence-corrected chi connectivity index (χ0v) is 13.8. The third-order valence-electron chi connectivity index (χ3n) is 4.31. The average Bonchev–Trinajstić information content (AvgIpc) is 3.02. The van der Waals surface area contributed by atoms with E-state index in [1.807, 2.05) is 24.3 Å². The van der Waals surface area contributed by atoms with Gasteiger partial charge in [-0.1, -0.05) is 6.07 Å². The van der Waals surface area contributed by atoms with Gasteiger partial charge in [-0.05, 0) is 24.6 Å². The molecule has 0 radical (unpaired) electrons. The smallest absolute Gasteiger partial charge is 0.319 e. The maximum absolute atomic E-state index is 12.0. The van der Waals surface area contributed by atoms with Gasteiger partial charge in [0.15, 0.2) is 0 Å². The van der Waals surface area contributed by atoms with Gasteiger partial charge >= 0.3 is 6.03 Å². The van der Waals surface area contributed by atoms with E-state index in [1.54, 1.807) is 4.90 Å². The van der Waals surface area contributed by atoms with Gasteiger partial charge in [0.2, 0.25) is 5.91 Å². The van der Waals surface area contributed by atoms with Crippen LogP contribution in [0, 0.1) is 0 Å². The molecule has 2 aliphatic rings. The first-order valence-corrected chi connectivity index (χ1v) is 8.48. The van der Waals surface area contributed by atoms with Crippen LogP contribution in [0.15, 0.2) is 24.3 Å². The second kappa shape index (κ2) is 8.12. The number of rotatable bonds is 5. The van der Waals surface area contributed by atoms with Crippen LogP contribution in [0.3, 0.4) is 0 Å². The Morgan fingerprint density at radius 1 is 1.21 bits per heavy atom. The van der Waals surface area contributed by atoms with Crippen molar-refractivity contribution in [3.05, 3.63) is 24.3 Å². The maximum atomic E-state index is 12.0. The van der Waals surface area contributed by atoms with E-state index in [0.29, 0.717) is 18.7 Å². The predicted molar refractivity (Wildman–Crippen MR) is 92.3 cm³/mol. The summed E-state index contributed by atoms with van der Waals surface area (Å²) in [4.78, 5) is 27.9. The van der Waals surface area contributed by atoms with E-state index in [-0.39, 0.29) is 11.9 Å². The molecule has 0 unspecified atom stereocenters. The van der Waals surface area contributed by atoms with Crippen molar-refractivity contribution in [3.8, 4) is 0 Å². The lowest BCUT2D eigenvalue weighted by molar-refractivity contribution is -0.117. The molecular formula is C17H24N4O3. The van der Waals surface area contributed by atoms with Gasteiger partial charge < -0.3 is 20.3 Å². The van der Waals surface area contributed by atoms with Crippen LogP contribution < -0.4 is 15.5 Å². The summed E-state index contributed by atoms with van der Waals surface area (Å²) >= 11 is 0. The number of benzene rings is 1. The summed E-state index contributed by atoms with van der Waals surface area (Å²) in [5, 5.41) is 5.69. The summed E-state index contributed by atoms with van der Waals surface area (Å²) in [7, 11) is 0. The van der Waals surface area contributed by atoms with Gasteiger partial charge in [0.1, 0.15) is 0 Å². The molecule has 1 aromatic rings. The molecule has 7 heteroatoms. The van der Waals surface area contributed by atoms with Gasteiger partial charge in [0.25, 0.3) is 0 Å². The number of hydrogen-bond acceptors (Lipinski definition) is 4. The summed E-state index contributed by atoms with van der Waals surface area (Å²) in [5.41, 5.74) is 1.53. The lowest BCUT2D eigenvalue weighted by Gasteiger charge is -2.26. The number of ether oxygens (including phenoxy) is 1. The van der Waals surface area contributed by atoms with Gasteiger partial charge in [-0.3, -0.25) is 9.69 Å². The van der Waals surface area contributed by atoms with Crippen molar-refractivity contribution >= 4 is 23.3 Å². The zero-order valence-electron chi connectivity index (χ0n) is 13.8. The van der Waals surface area contributed by atoms with Crippen LogP contribution in [0.25, 0.3) is 0 Å². The maximum Gasteiger partial charge on any atom is 0.319 e. The van der Waals surface area contributed by atoms with Gasteiger partial charge in [0.05, 0.1) is 13.2 Å². The van der Waals surface area contributed by atoms with Crippen molar-refractivity contribution in [2.75, 3.05) is 56.2 Å². The zero-order chi connectivity index (χ0) is 16.8. The molecule has 7 nitrogen and oxygen atoms in total. The number of hydrogen-bond donors (Lipinski definition) is 2. The largest absolute Gasteiger partial charge is 0.379 e. The first-order valence-electron chi connectivity index (χ1n) is 8.48. The van der Waals surface area contributed by atoms with Crippen LogP contribution in [0.1, 0.15) is 12.8 Å². The van der Waals surface area contributed by atoms with E-state index in [0.717, 1.165) is 51.5 Å². The third-order valence-corrected chi connectivity index (χ3v) is 4.31. The molecule has 2 saturated heterocycles. The van der Waals surface area contributed by atoms with Crippen LogP contribution in [0.4, 0.5) is 16.2 Å². The van der Waals surface area contributed by atoms with E-state index < -0.39 is 0 Å². The highest BCUT2D eigenvalue weighted by atomic mass is 16.5. The normalized spacial score (nSPS) is 18.7. The molecule has 0 aromatic heterocycles.